The van der Waals surface area contributed by atoms with Gasteiger partial charge >= 0.3 is 5.97 Å². The van der Waals surface area contributed by atoms with Gasteiger partial charge in [0.15, 0.2) is 6.10 Å². The van der Waals surface area contributed by atoms with Gasteiger partial charge in [-0.15, -0.1) is 0 Å². The molecule has 2 aromatic rings. The van der Waals surface area contributed by atoms with Crippen LogP contribution < -0.4 is 14.8 Å². The highest BCUT2D eigenvalue weighted by Crippen LogP contribution is 2.29. The van der Waals surface area contributed by atoms with Crippen LogP contribution in [-0.4, -0.2) is 37.1 Å². The number of esters is 1. The lowest BCUT2D eigenvalue weighted by molar-refractivity contribution is -0.384. The number of carbonyl (C=O) groups excluding carboxylic acids is 2. The van der Waals surface area contributed by atoms with Crippen molar-refractivity contribution in [3.63, 3.8) is 0 Å². The highest BCUT2D eigenvalue weighted by atomic mass is 16.6. The third kappa shape index (κ3) is 6.20. The SMILES string of the molecule is COc1ccc(CCC(=O)O[C@@H](C)C(=O)Nc2cc([N+](=O)[O-])ccc2OC)cc1. The molecule has 0 spiro atoms. The van der Waals surface area contributed by atoms with Crippen LogP contribution in [0.2, 0.25) is 0 Å². The number of methoxy groups -OCH3 is 2. The Morgan fingerprint density at radius 1 is 1.10 bits per heavy atom. The second-order valence-electron chi connectivity index (χ2n) is 6.11. The number of amides is 1. The van der Waals surface area contributed by atoms with Crippen LogP contribution in [-0.2, 0) is 20.7 Å². The first-order valence-electron chi connectivity index (χ1n) is 8.79. The van der Waals surface area contributed by atoms with Gasteiger partial charge in [0.05, 0.1) is 24.8 Å². The largest absolute Gasteiger partial charge is 0.497 e. The molecule has 2 aromatic carbocycles. The van der Waals surface area contributed by atoms with Crippen molar-refractivity contribution >= 4 is 23.3 Å². The molecule has 0 saturated carbocycles. The number of carbonyl (C=O) groups is 2. The number of benzene rings is 2. The van der Waals surface area contributed by atoms with Gasteiger partial charge in [0, 0.05) is 18.6 Å². The van der Waals surface area contributed by atoms with E-state index in [4.69, 9.17) is 14.2 Å². The summed E-state index contributed by atoms with van der Waals surface area (Å²) in [5.74, 6) is -0.184. The van der Waals surface area contributed by atoms with Crippen molar-refractivity contribution in [2.24, 2.45) is 0 Å². The van der Waals surface area contributed by atoms with Gasteiger partial charge in [-0.2, -0.15) is 0 Å². The Hall–Kier alpha value is -3.62. The molecular formula is C20H22N2O7. The van der Waals surface area contributed by atoms with Crippen LogP contribution in [0.15, 0.2) is 42.5 Å². The highest BCUT2D eigenvalue weighted by molar-refractivity contribution is 5.96. The normalized spacial score (nSPS) is 11.3. The number of anilines is 1. The Balaban J connectivity index is 1.91. The molecule has 0 aliphatic heterocycles. The smallest absolute Gasteiger partial charge is 0.306 e. The van der Waals surface area contributed by atoms with Gasteiger partial charge < -0.3 is 19.5 Å². The fourth-order valence-electron chi connectivity index (χ4n) is 2.49. The first-order chi connectivity index (χ1) is 13.8. The van der Waals surface area contributed by atoms with Crippen LogP contribution in [0.25, 0.3) is 0 Å². The van der Waals surface area contributed by atoms with Gasteiger partial charge in [-0.25, -0.2) is 0 Å². The van der Waals surface area contributed by atoms with Crippen LogP contribution in [0.5, 0.6) is 11.5 Å². The zero-order chi connectivity index (χ0) is 21.4. The molecule has 1 atom stereocenters. The zero-order valence-electron chi connectivity index (χ0n) is 16.3. The minimum absolute atomic E-state index is 0.101. The van der Waals surface area contributed by atoms with Crippen molar-refractivity contribution < 1.29 is 28.7 Å². The van der Waals surface area contributed by atoms with Crippen molar-refractivity contribution in [1.82, 2.24) is 0 Å². The number of nitrogens with one attached hydrogen (secondary N) is 1. The lowest BCUT2D eigenvalue weighted by Crippen LogP contribution is -2.30. The van der Waals surface area contributed by atoms with E-state index in [1.165, 1.54) is 32.2 Å². The van der Waals surface area contributed by atoms with E-state index in [0.29, 0.717) is 6.42 Å². The molecule has 29 heavy (non-hydrogen) atoms. The number of nitrogens with zero attached hydrogens (tertiary/aromatic N) is 1. The molecule has 9 heteroatoms. The molecule has 0 radical (unpaired) electrons. The third-order valence-electron chi connectivity index (χ3n) is 4.11. The quantitative estimate of drug-likeness (QED) is 0.389. The predicted molar refractivity (Wildman–Crippen MR) is 105 cm³/mol. The molecule has 154 valence electrons. The summed E-state index contributed by atoms with van der Waals surface area (Å²) in [4.78, 5) is 34.7. The van der Waals surface area contributed by atoms with Crippen LogP contribution in [0.1, 0.15) is 18.9 Å². The van der Waals surface area contributed by atoms with Crippen LogP contribution >= 0.6 is 0 Å². The Bertz CT molecular complexity index is 881. The lowest BCUT2D eigenvalue weighted by Gasteiger charge is -2.15. The van der Waals surface area contributed by atoms with E-state index in [0.717, 1.165) is 11.3 Å². The summed E-state index contributed by atoms with van der Waals surface area (Å²) < 4.78 is 15.3. The summed E-state index contributed by atoms with van der Waals surface area (Å²) in [7, 11) is 2.95. The van der Waals surface area contributed by atoms with Gasteiger partial charge in [0.25, 0.3) is 11.6 Å². The molecule has 9 nitrogen and oxygen atoms in total. The molecule has 0 unspecified atom stereocenters. The van der Waals surface area contributed by atoms with Gasteiger partial charge in [-0.05, 0) is 37.1 Å². The average molecular weight is 402 g/mol. The van der Waals surface area contributed by atoms with Crippen LogP contribution in [0, 0.1) is 10.1 Å². The van der Waals surface area contributed by atoms with Crippen LogP contribution in [0.3, 0.4) is 0 Å². The van der Waals surface area contributed by atoms with E-state index in [-0.39, 0.29) is 23.5 Å². The second kappa shape index (κ2) is 10.1. The van der Waals surface area contributed by atoms with Crippen LogP contribution in [0.4, 0.5) is 11.4 Å². The zero-order valence-corrected chi connectivity index (χ0v) is 16.3. The van der Waals surface area contributed by atoms with E-state index in [9.17, 15) is 19.7 Å². The minimum atomic E-state index is -1.08. The van der Waals surface area contributed by atoms with Crippen molar-refractivity contribution in [3.8, 4) is 11.5 Å². The Kier molecular flexibility index (Phi) is 7.53. The van der Waals surface area contributed by atoms with Crippen molar-refractivity contribution in [2.45, 2.75) is 25.9 Å². The monoisotopic (exact) mass is 402 g/mol. The maximum absolute atomic E-state index is 12.3. The Labute approximate surface area is 167 Å². The average Bonchev–Trinajstić information content (AvgIpc) is 2.72. The molecule has 0 aliphatic rings. The number of nitro groups is 1. The third-order valence-corrected chi connectivity index (χ3v) is 4.11. The van der Waals surface area contributed by atoms with Crippen molar-refractivity contribution in [2.75, 3.05) is 19.5 Å². The molecule has 2 rings (SSSR count). The van der Waals surface area contributed by atoms with Gasteiger partial charge in [-0.3, -0.25) is 19.7 Å². The molecule has 0 bridgehead atoms. The molecule has 0 fully saturated rings. The number of rotatable bonds is 9. The number of hydrogen-bond acceptors (Lipinski definition) is 7. The van der Waals surface area contributed by atoms with Crippen molar-refractivity contribution in [3.05, 3.63) is 58.1 Å². The molecule has 0 aromatic heterocycles. The molecular weight excluding hydrogens is 380 g/mol. The summed E-state index contributed by atoms with van der Waals surface area (Å²) in [6.07, 6.45) is -0.526. The Morgan fingerprint density at radius 2 is 1.79 bits per heavy atom. The highest BCUT2D eigenvalue weighted by Gasteiger charge is 2.20. The molecule has 0 aliphatic carbocycles. The topological polar surface area (TPSA) is 117 Å². The van der Waals surface area contributed by atoms with E-state index in [2.05, 4.69) is 5.32 Å². The number of hydrogen-bond donors (Lipinski definition) is 1. The van der Waals surface area contributed by atoms with Crippen molar-refractivity contribution in [1.29, 1.82) is 0 Å². The first kappa shape index (κ1) is 21.7. The maximum Gasteiger partial charge on any atom is 0.306 e. The lowest BCUT2D eigenvalue weighted by atomic mass is 10.1. The van der Waals surface area contributed by atoms with Gasteiger partial charge in [0.1, 0.15) is 11.5 Å². The number of ether oxygens (including phenoxy) is 3. The minimum Gasteiger partial charge on any atom is -0.497 e. The van der Waals surface area contributed by atoms with E-state index in [1.807, 2.05) is 12.1 Å². The summed E-state index contributed by atoms with van der Waals surface area (Å²) in [6.45, 7) is 1.42. The van der Waals surface area contributed by atoms with E-state index in [1.54, 1.807) is 19.2 Å². The summed E-state index contributed by atoms with van der Waals surface area (Å²) in [5, 5.41) is 13.4. The number of nitro benzene ring substituents is 1. The number of non-ortho nitro benzene ring substituents is 1. The maximum atomic E-state index is 12.3. The number of aryl methyl sites for hydroxylation is 1. The second-order valence-corrected chi connectivity index (χ2v) is 6.11. The molecule has 1 N–H and O–H groups in total. The summed E-state index contributed by atoms with van der Waals surface area (Å²) in [5.41, 5.74) is 0.847. The Morgan fingerprint density at radius 3 is 2.38 bits per heavy atom. The standard InChI is InChI=1S/C20H22N2O7/c1-13(29-19(23)11-6-14-4-8-16(27-2)9-5-14)20(24)21-17-12-15(22(25)26)7-10-18(17)28-3/h4-5,7-10,12-13H,6,11H2,1-3H3,(H,21,24)/t13-/m0/s1. The molecule has 1 amide bonds. The van der Waals surface area contributed by atoms with Gasteiger partial charge in [-0.1, -0.05) is 12.1 Å². The van der Waals surface area contributed by atoms with E-state index >= 15 is 0 Å². The fourth-order valence-corrected chi connectivity index (χ4v) is 2.49. The van der Waals surface area contributed by atoms with E-state index < -0.39 is 22.9 Å². The first-order valence-corrected chi connectivity index (χ1v) is 8.79. The summed E-state index contributed by atoms with van der Waals surface area (Å²) >= 11 is 0. The molecule has 0 heterocycles. The predicted octanol–water partition coefficient (Wildman–Crippen LogP) is 3.12. The fraction of sp³-hybridized carbons (Fsp3) is 0.300. The van der Waals surface area contributed by atoms with Gasteiger partial charge in [0.2, 0.25) is 0 Å². The molecule has 0 saturated heterocycles. The summed E-state index contributed by atoms with van der Waals surface area (Å²) in [6, 6.07) is 11.1.